The molecule has 3 N–H and O–H groups in total. The van der Waals surface area contributed by atoms with E-state index in [1.807, 2.05) is 0 Å². The number of hydrogen-bond donors (Lipinski definition) is 2. The highest BCUT2D eigenvalue weighted by atomic mass is 32.2. The first-order chi connectivity index (χ1) is 7.79. The minimum Gasteiger partial charge on any atom is -0.395 e. The summed E-state index contributed by atoms with van der Waals surface area (Å²) in [4.78, 5) is 0. The number of nitrogen functional groups attached to an aromatic ring is 1. The van der Waals surface area contributed by atoms with Gasteiger partial charge in [-0.15, -0.1) is 0 Å². The van der Waals surface area contributed by atoms with E-state index < -0.39 is 21.5 Å². The second-order valence-electron chi connectivity index (χ2n) is 3.76. The second-order valence-corrected chi connectivity index (χ2v) is 6.02. The smallest absolute Gasteiger partial charge is 0.151 e. The molecule has 0 aromatic heterocycles. The van der Waals surface area contributed by atoms with Crippen molar-refractivity contribution in [2.24, 2.45) is 0 Å². The first-order valence-corrected chi connectivity index (χ1v) is 7.02. The van der Waals surface area contributed by atoms with Gasteiger partial charge in [-0.1, -0.05) is 0 Å². The monoisotopic (exact) mass is 264 g/mol. The van der Waals surface area contributed by atoms with Crippen LogP contribution >= 0.6 is 0 Å². The van der Waals surface area contributed by atoms with E-state index in [1.54, 1.807) is 0 Å². The summed E-state index contributed by atoms with van der Waals surface area (Å²) in [6, 6.07) is 1.76. The van der Waals surface area contributed by atoms with Crippen LogP contribution in [0.25, 0.3) is 0 Å². The molecule has 0 fully saturated rings. The van der Waals surface area contributed by atoms with Gasteiger partial charge < -0.3 is 11.1 Å². The van der Waals surface area contributed by atoms with E-state index in [4.69, 9.17) is 5.73 Å². The summed E-state index contributed by atoms with van der Waals surface area (Å²) in [5.41, 5.74) is 5.36. The molecule has 96 valence electrons. The largest absolute Gasteiger partial charge is 0.395 e. The van der Waals surface area contributed by atoms with Crippen molar-refractivity contribution in [3.05, 3.63) is 23.8 Å². The van der Waals surface area contributed by atoms with E-state index in [1.165, 1.54) is 0 Å². The summed E-state index contributed by atoms with van der Waals surface area (Å²) in [7, 11) is -3.02. The fourth-order valence-electron chi connectivity index (χ4n) is 1.29. The zero-order chi connectivity index (χ0) is 13.1. The van der Waals surface area contributed by atoms with E-state index in [0.29, 0.717) is 12.5 Å². The van der Waals surface area contributed by atoms with Crippen molar-refractivity contribution in [3.8, 4) is 0 Å². The maximum Gasteiger partial charge on any atom is 0.151 e. The zero-order valence-corrected chi connectivity index (χ0v) is 10.2. The highest BCUT2D eigenvalue weighted by molar-refractivity contribution is 7.90. The molecule has 0 unspecified atom stereocenters. The summed E-state index contributed by atoms with van der Waals surface area (Å²) >= 11 is 0. The van der Waals surface area contributed by atoms with Gasteiger partial charge in [-0.2, -0.15) is 0 Å². The Morgan fingerprint density at radius 1 is 1.35 bits per heavy atom. The van der Waals surface area contributed by atoms with Crippen molar-refractivity contribution in [1.29, 1.82) is 0 Å². The molecule has 0 aliphatic heterocycles. The summed E-state index contributed by atoms with van der Waals surface area (Å²) in [6.45, 7) is 0.278. The number of sulfone groups is 1. The van der Waals surface area contributed by atoms with Crippen LogP contribution in [-0.2, 0) is 9.84 Å². The zero-order valence-electron chi connectivity index (χ0n) is 9.33. The number of benzene rings is 1. The predicted octanol–water partition coefficient (Wildman–Crippen LogP) is 1.39. The molecule has 0 aliphatic rings. The Hall–Kier alpha value is -1.37. The lowest BCUT2D eigenvalue weighted by molar-refractivity contribution is 0.586. The SMILES string of the molecule is CS(=O)(=O)CCCNc1cc(F)cc(F)c1N. The molecule has 0 saturated heterocycles. The van der Waals surface area contributed by atoms with Gasteiger partial charge in [0.15, 0.2) is 5.82 Å². The highest BCUT2D eigenvalue weighted by Crippen LogP contribution is 2.23. The van der Waals surface area contributed by atoms with E-state index in [0.717, 1.165) is 12.3 Å². The van der Waals surface area contributed by atoms with Crippen LogP contribution in [0.3, 0.4) is 0 Å². The van der Waals surface area contributed by atoms with Crippen LogP contribution in [0.15, 0.2) is 12.1 Å². The van der Waals surface area contributed by atoms with Gasteiger partial charge in [-0.3, -0.25) is 0 Å². The van der Waals surface area contributed by atoms with Crippen molar-refractivity contribution in [3.63, 3.8) is 0 Å². The van der Waals surface area contributed by atoms with Crippen molar-refractivity contribution in [2.45, 2.75) is 6.42 Å². The van der Waals surface area contributed by atoms with Crippen LogP contribution < -0.4 is 11.1 Å². The lowest BCUT2D eigenvalue weighted by Crippen LogP contribution is -2.11. The number of hydrogen-bond acceptors (Lipinski definition) is 4. The van der Waals surface area contributed by atoms with Gasteiger partial charge in [0.2, 0.25) is 0 Å². The third-order valence-electron chi connectivity index (χ3n) is 2.10. The fraction of sp³-hybridized carbons (Fsp3) is 0.400. The minimum absolute atomic E-state index is 0.0116. The Morgan fingerprint density at radius 3 is 2.59 bits per heavy atom. The molecule has 0 atom stereocenters. The molecular weight excluding hydrogens is 250 g/mol. The highest BCUT2D eigenvalue weighted by Gasteiger charge is 2.08. The molecule has 1 rings (SSSR count). The third kappa shape index (κ3) is 4.56. The van der Waals surface area contributed by atoms with Gasteiger partial charge >= 0.3 is 0 Å². The Morgan fingerprint density at radius 2 is 2.00 bits per heavy atom. The average Bonchev–Trinajstić information content (AvgIpc) is 2.18. The summed E-state index contributed by atoms with van der Waals surface area (Å²) in [6.07, 6.45) is 1.47. The van der Waals surface area contributed by atoms with Gasteiger partial charge in [-0.05, 0) is 12.5 Å². The van der Waals surface area contributed by atoms with Crippen molar-refractivity contribution in [2.75, 3.05) is 29.6 Å². The minimum atomic E-state index is -3.02. The van der Waals surface area contributed by atoms with Crippen molar-refractivity contribution in [1.82, 2.24) is 0 Å². The lowest BCUT2D eigenvalue weighted by Gasteiger charge is -2.09. The molecule has 7 heteroatoms. The van der Waals surface area contributed by atoms with Crippen molar-refractivity contribution < 1.29 is 17.2 Å². The molecule has 0 aliphatic carbocycles. The fourth-order valence-corrected chi connectivity index (χ4v) is 1.96. The van der Waals surface area contributed by atoms with E-state index in [9.17, 15) is 17.2 Å². The lowest BCUT2D eigenvalue weighted by atomic mass is 10.2. The normalized spacial score (nSPS) is 11.5. The first-order valence-electron chi connectivity index (χ1n) is 4.96. The van der Waals surface area contributed by atoms with Crippen LogP contribution in [0.4, 0.5) is 20.2 Å². The van der Waals surface area contributed by atoms with Gasteiger partial charge in [-0.25, -0.2) is 17.2 Å². The van der Waals surface area contributed by atoms with E-state index >= 15 is 0 Å². The number of anilines is 2. The molecule has 1 aromatic carbocycles. The Labute approximate surface area is 98.7 Å². The van der Waals surface area contributed by atoms with Gasteiger partial charge in [0, 0.05) is 18.9 Å². The third-order valence-corrected chi connectivity index (χ3v) is 3.13. The number of nitrogens with one attached hydrogen (secondary N) is 1. The first kappa shape index (κ1) is 13.7. The van der Waals surface area contributed by atoms with Crippen LogP contribution in [0.2, 0.25) is 0 Å². The standard InChI is InChI=1S/C10H14F2N2O2S/c1-17(15,16)4-2-3-14-9-6-7(11)5-8(12)10(9)13/h5-6,14H,2-4,13H2,1H3. The van der Waals surface area contributed by atoms with E-state index in [-0.39, 0.29) is 23.7 Å². The summed E-state index contributed by atoms with van der Waals surface area (Å²) < 4.78 is 47.6. The maximum absolute atomic E-state index is 13.0. The van der Waals surface area contributed by atoms with Gasteiger partial charge in [0.05, 0.1) is 17.1 Å². The molecular formula is C10H14F2N2O2S. The molecule has 1 aromatic rings. The molecule has 17 heavy (non-hydrogen) atoms. The summed E-state index contributed by atoms with van der Waals surface area (Å²) in [5.74, 6) is -1.56. The van der Waals surface area contributed by atoms with Crippen LogP contribution in [0.5, 0.6) is 0 Å². The molecule has 0 spiro atoms. The molecule has 0 saturated carbocycles. The number of nitrogens with two attached hydrogens (primary N) is 1. The molecule has 4 nitrogen and oxygen atoms in total. The van der Waals surface area contributed by atoms with Crippen molar-refractivity contribution >= 4 is 21.2 Å². The van der Waals surface area contributed by atoms with Crippen LogP contribution in [0, 0.1) is 11.6 Å². The number of rotatable bonds is 5. The Kier molecular flexibility index (Phi) is 4.28. The summed E-state index contributed by atoms with van der Waals surface area (Å²) in [5, 5.41) is 2.70. The average molecular weight is 264 g/mol. The molecule has 0 amide bonds. The predicted molar refractivity (Wildman–Crippen MR) is 63.6 cm³/mol. The maximum atomic E-state index is 13.0. The Bertz CT molecular complexity index is 503. The van der Waals surface area contributed by atoms with E-state index in [2.05, 4.69) is 5.32 Å². The van der Waals surface area contributed by atoms with Gasteiger partial charge in [0.1, 0.15) is 15.7 Å². The number of halogens is 2. The van der Waals surface area contributed by atoms with Gasteiger partial charge in [0.25, 0.3) is 0 Å². The van der Waals surface area contributed by atoms with Crippen LogP contribution in [-0.4, -0.2) is 27.0 Å². The topological polar surface area (TPSA) is 72.2 Å². The Balaban J connectivity index is 2.58. The second kappa shape index (κ2) is 5.31. The molecule has 0 radical (unpaired) electrons. The molecule has 0 heterocycles. The van der Waals surface area contributed by atoms with Crippen LogP contribution in [0.1, 0.15) is 6.42 Å². The quantitative estimate of drug-likeness (QED) is 0.622. The molecule has 0 bridgehead atoms.